The Morgan fingerprint density at radius 2 is 1.42 bits per heavy atom. The summed E-state index contributed by atoms with van der Waals surface area (Å²) in [4.78, 5) is 23.8. The zero-order valence-corrected chi connectivity index (χ0v) is 17.1. The minimum Gasteiger partial charge on any atom is -0.489 e. The van der Waals surface area contributed by atoms with Gasteiger partial charge in [0.1, 0.15) is 25.0 Å². The molecule has 1 atom stereocenters. The maximum Gasteiger partial charge on any atom is 0.326 e. The second-order valence-corrected chi connectivity index (χ2v) is 7.06. The van der Waals surface area contributed by atoms with Crippen molar-refractivity contribution in [2.45, 2.75) is 25.7 Å². The largest absolute Gasteiger partial charge is 0.489 e. The van der Waals surface area contributed by atoms with E-state index in [4.69, 9.17) is 9.47 Å². The molecule has 0 spiro atoms. The van der Waals surface area contributed by atoms with Gasteiger partial charge in [-0.15, -0.1) is 0 Å². The monoisotopic (exact) mass is 419 g/mol. The zero-order chi connectivity index (χ0) is 21.9. The van der Waals surface area contributed by atoms with Gasteiger partial charge in [-0.3, -0.25) is 4.79 Å². The summed E-state index contributed by atoms with van der Waals surface area (Å²) >= 11 is 0. The fraction of sp³-hybridized carbons (Fsp3) is 0.200. The van der Waals surface area contributed by atoms with Gasteiger partial charge in [0, 0.05) is 6.42 Å². The molecule has 0 heterocycles. The standard InChI is InChI=1S/C25H25NO5/c27-24(18-30-16-19-8-3-1-4-9-19)26-23(25(28)29)15-21-12-7-13-22(14-21)31-17-20-10-5-2-6-11-20/h1-14,23H,15-18H2,(H,26,27)(H,28,29)/t23-/m1/s1. The Balaban J connectivity index is 1.50. The highest BCUT2D eigenvalue weighted by Gasteiger charge is 2.20. The average molecular weight is 419 g/mol. The van der Waals surface area contributed by atoms with Crippen molar-refractivity contribution in [1.82, 2.24) is 5.32 Å². The molecule has 0 aliphatic carbocycles. The fourth-order valence-corrected chi connectivity index (χ4v) is 3.01. The molecule has 2 N–H and O–H groups in total. The summed E-state index contributed by atoms with van der Waals surface area (Å²) in [6, 6.07) is 25.4. The molecule has 6 heteroatoms. The van der Waals surface area contributed by atoms with Gasteiger partial charge < -0.3 is 19.9 Å². The van der Waals surface area contributed by atoms with Gasteiger partial charge in [0.05, 0.1) is 6.61 Å². The molecule has 0 saturated carbocycles. The van der Waals surface area contributed by atoms with Crippen molar-refractivity contribution in [2.24, 2.45) is 0 Å². The predicted octanol–water partition coefficient (Wildman–Crippen LogP) is 3.59. The van der Waals surface area contributed by atoms with Crippen LogP contribution in [-0.2, 0) is 34.0 Å². The van der Waals surface area contributed by atoms with Crippen molar-refractivity contribution in [2.75, 3.05) is 6.61 Å². The van der Waals surface area contributed by atoms with E-state index >= 15 is 0 Å². The van der Waals surface area contributed by atoms with Gasteiger partial charge in [-0.25, -0.2) is 4.79 Å². The lowest BCUT2D eigenvalue weighted by Crippen LogP contribution is -2.43. The highest BCUT2D eigenvalue weighted by atomic mass is 16.5. The van der Waals surface area contributed by atoms with Gasteiger partial charge in [-0.2, -0.15) is 0 Å². The van der Waals surface area contributed by atoms with Crippen LogP contribution in [0.5, 0.6) is 5.75 Å². The third-order valence-corrected chi connectivity index (χ3v) is 4.56. The molecule has 0 unspecified atom stereocenters. The number of nitrogens with one attached hydrogen (secondary N) is 1. The van der Waals surface area contributed by atoms with Crippen molar-refractivity contribution in [3.05, 3.63) is 102 Å². The topological polar surface area (TPSA) is 84.9 Å². The van der Waals surface area contributed by atoms with Crippen molar-refractivity contribution < 1.29 is 24.2 Å². The molecule has 0 aromatic heterocycles. The molecule has 0 aliphatic rings. The van der Waals surface area contributed by atoms with Crippen LogP contribution >= 0.6 is 0 Å². The highest BCUT2D eigenvalue weighted by molar-refractivity contribution is 5.84. The molecular formula is C25H25NO5. The molecule has 0 saturated heterocycles. The Bertz CT molecular complexity index is 975. The second kappa shape index (κ2) is 11.5. The van der Waals surface area contributed by atoms with E-state index < -0.39 is 17.9 Å². The smallest absolute Gasteiger partial charge is 0.326 e. The van der Waals surface area contributed by atoms with Crippen molar-refractivity contribution in [3.63, 3.8) is 0 Å². The zero-order valence-electron chi connectivity index (χ0n) is 17.1. The van der Waals surface area contributed by atoms with Crippen molar-refractivity contribution in [3.8, 4) is 5.75 Å². The van der Waals surface area contributed by atoms with Crippen LogP contribution in [0.3, 0.4) is 0 Å². The van der Waals surface area contributed by atoms with Gasteiger partial charge >= 0.3 is 5.97 Å². The van der Waals surface area contributed by atoms with Crippen LogP contribution in [0.25, 0.3) is 0 Å². The Kier molecular flexibility index (Phi) is 8.20. The van der Waals surface area contributed by atoms with Crippen molar-refractivity contribution >= 4 is 11.9 Å². The molecule has 0 radical (unpaired) electrons. The van der Waals surface area contributed by atoms with Crippen LogP contribution in [0.2, 0.25) is 0 Å². The predicted molar refractivity (Wildman–Crippen MR) is 117 cm³/mol. The summed E-state index contributed by atoms with van der Waals surface area (Å²) < 4.78 is 11.2. The maximum absolute atomic E-state index is 12.1. The Morgan fingerprint density at radius 1 is 0.806 bits per heavy atom. The minimum atomic E-state index is -1.10. The van der Waals surface area contributed by atoms with Crippen LogP contribution in [0, 0.1) is 0 Å². The number of carbonyl (C=O) groups excluding carboxylic acids is 1. The van der Waals surface area contributed by atoms with Gasteiger partial charge in [0.2, 0.25) is 5.91 Å². The molecule has 0 bridgehead atoms. The van der Waals surface area contributed by atoms with E-state index in [9.17, 15) is 14.7 Å². The summed E-state index contributed by atoms with van der Waals surface area (Å²) in [5.74, 6) is -0.935. The highest BCUT2D eigenvalue weighted by Crippen LogP contribution is 2.16. The summed E-state index contributed by atoms with van der Waals surface area (Å²) in [5.41, 5.74) is 2.74. The van der Waals surface area contributed by atoms with Crippen LogP contribution in [0.4, 0.5) is 0 Å². The number of benzene rings is 3. The van der Waals surface area contributed by atoms with E-state index in [-0.39, 0.29) is 19.6 Å². The third-order valence-electron chi connectivity index (χ3n) is 4.56. The SMILES string of the molecule is O=C(COCc1ccccc1)N[C@H](Cc1cccc(OCc2ccccc2)c1)C(=O)O. The average Bonchev–Trinajstić information content (AvgIpc) is 2.79. The van der Waals surface area contributed by atoms with Gasteiger partial charge in [0.15, 0.2) is 0 Å². The number of hydrogen-bond acceptors (Lipinski definition) is 4. The summed E-state index contributed by atoms with van der Waals surface area (Å²) in [6.45, 7) is 0.494. The van der Waals surface area contributed by atoms with Crippen LogP contribution in [-0.4, -0.2) is 29.6 Å². The number of ether oxygens (including phenoxy) is 2. The van der Waals surface area contributed by atoms with E-state index in [1.54, 1.807) is 12.1 Å². The molecule has 6 nitrogen and oxygen atoms in total. The molecular weight excluding hydrogens is 394 g/mol. The first-order chi connectivity index (χ1) is 15.1. The number of aliphatic carboxylic acids is 1. The van der Waals surface area contributed by atoms with E-state index in [1.807, 2.05) is 72.8 Å². The number of rotatable bonds is 11. The normalized spacial score (nSPS) is 11.5. The first-order valence-electron chi connectivity index (χ1n) is 9.99. The summed E-state index contributed by atoms with van der Waals surface area (Å²) in [5, 5.41) is 12.0. The number of hydrogen-bond donors (Lipinski definition) is 2. The van der Waals surface area contributed by atoms with E-state index in [2.05, 4.69) is 5.32 Å². The Morgan fingerprint density at radius 3 is 2.06 bits per heavy atom. The van der Waals surface area contributed by atoms with Crippen LogP contribution in [0.15, 0.2) is 84.9 Å². The van der Waals surface area contributed by atoms with Gasteiger partial charge in [-0.05, 0) is 28.8 Å². The lowest BCUT2D eigenvalue weighted by molar-refractivity contribution is -0.142. The lowest BCUT2D eigenvalue weighted by Gasteiger charge is -2.15. The number of carbonyl (C=O) groups is 2. The van der Waals surface area contributed by atoms with Crippen LogP contribution in [0.1, 0.15) is 16.7 Å². The molecule has 160 valence electrons. The first kappa shape index (κ1) is 22.1. The minimum absolute atomic E-state index is 0.141. The summed E-state index contributed by atoms with van der Waals surface area (Å²) in [6.07, 6.45) is 0.141. The number of carboxylic acids is 1. The first-order valence-corrected chi connectivity index (χ1v) is 9.99. The molecule has 31 heavy (non-hydrogen) atoms. The van der Waals surface area contributed by atoms with Crippen LogP contribution < -0.4 is 10.1 Å². The van der Waals surface area contributed by atoms with Gasteiger partial charge in [-0.1, -0.05) is 72.8 Å². The number of carboxylic acid groups (broad SMARTS) is 1. The maximum atomic E-state index is 12.1. The molecule has 1 amide bonds. The Labute approximate surface area is 181 Å². The van der Waals surface area contributed by atoms with E-state index in [0.29, 0.717) is 12.4 Å². The van der Waals surface area contributed by atoms with Gasteiger partial charge in [0.25, 0.3) is 0 Å². The van der Waals surface area contributed by atoms with Crippen molar-refractivity contribution in [1.29, 1.82) is 0 Å². The van der Waals surface area contributed by atoms with E-state index in [0.717, 1.165) is 16.7 Å². The molecule has 3 rings (SSSR count). The fourth-order valence-electron chi connectivity index (χ4n) is 3.01. The molecule has 3 aromatic rings. The van der Waals surface area contributed by atoms with E-state index in [1.165, 1.54) is 0 Å². The summed E-state index contributed by atoms with van der Waals surface area (Å²) in [7, 11) is 0. The Hall–Kier alpha value is -3.64. The number of amides is 1. The lowest BCUT2D eigenvalue weighted by atomic mass is 10.1. The third kappa shape index (κ3) is 7.60. The molecule has 0 fully saturated rings. The molecule has 0 aliphatic heterocycles. The second-order valence-electron chi connectivity index (χ2n) is 7.06. The molecule has 3 aromatic carbocycles. The quantitative estimate of drug-likeness (QED) is 0.496.